The lowest BCUT2D eigenvalue weighted by Crippen LogP contribution is -2.51. The van der Waals surface area contributed by atoms with Crippen LogP contribution in [0.2, 0.25) is 5.15 Å². The Kier molecular flexibility index (Phi) is 6.05. The molecule has 4 heterocycles. The van der Waals surface area contributed by atoms with E-state index in [4.69, 9.17) is 21.1 Å². The van der Waals surface area contributed by atoms with Gasteiger partial charge in [-0.25, -0.2) is 19.7 Å². The third kappa shape index (κ3) is 4.54. The lowest BCUT2D eigenvalue weighted by atomic mass is 9.99. The molecule has 2 aliphatic heterocycles. The average Bonchev–Trinajstić information content (AvgIpc) is 3.04. The van der Waals surface area contributed by atoms with Crippen molar-refractivity contribution < 1.29 is 19.1 Å². The van der Waals surface area contributed by atoms with Crippen molar-refractivity contribution in [1.29, 1.82) is 0 Å². The Morgan fingerprint density at radius 1 is 1.19 bits per heavy atom. The van der Waals surface area contributed by atoms with E-state index in [1.807, 2.05) is 31.7 Å². The maximum atomic E-state index is 12.9. The van der Waals surface area contributed by atoms with E-state index in [9.17, 15) is 9.59 Å². The zero-order valence-corrected chi connectivity index (χ0v) is 19.2. The van der Waals surface area contributed by atoms with Crippen LogP contribution in [0.15, 0.2) is 24.5 Å². The second kappa shape index (κ2) is 8.63. The van der Waals surface area contributed by atoms with Gasteiger partial charge in [-0.3, -0.25) is 9.69 Å². The highest BCUT2D eigenvalue weighted by atomic mass is 35.5. The van der Waals surface area contributed by atoms with E-state index in [-0.39, 0.29) is 41.0 Å². The van der Waals surface area contributed by atoms with Crippen molar-refractivity contribution in [1.82, 2.24) is 25.2 Å². The van der Waals surface area contributed by atoms with Crippen LogP contribution in [0, 0.1) is 0 Å². The molecular formula is C22H26ClN5O4. The molecule has 9 nitrogen and oxygen atoms in total. The molecule has 0 aliphatic carbocycles. The number of morpholine rings is 1. The number of pyridine rings is 1. The number of aromatic nitrogens is 3. The molecule has 3 unspecified atom stereocenters. The molecule has 2 aromatic rings. The molecular weight excluding hydrogens is 434 g/mol. The molecule has 2 amide bonds. The van der Waals surface area contributed by atoms with E-state index in [1.54, 1.807) is 12.1 Å². The van der Waals surface area contributed by atoms with Crippen LogP contribution in [0.25, 0.3) is 11.4 Å². The van der Waals surface area contributed by atoms with Gasteiger partial charge in [0, 0.05) is 7.05 Å². The Labute approximate surface area is 191 Å². The van der Waals surface area contributed by atoms with Crippen LogP contribution in [-0.4, -0.2) is 63.2 Å². The summed E-state index contributed by atoms with van der Waals surface area (Å²) in [6.07, 6.45) is 2.27. The van der Waals surface area contributed by atoms with Gasteiger partial charge >= 0.3 is 6.09 Å². The molecule has 2 fully saturated rings. The molecule has 2 aromatic heterocycles. The largest absolute Gasteiger partial charge is 0.444 e. The highest BCUT2D eigenvalue weighted by molar-refractivity contribution is 6.29. The molecule has 4 rings (SSSR count). The molecule has 0 saturated carbocycles. The van der Waals surface area contributed by atoms with Crippen LogP contribution >= 0.6 is 11.6 Å². The molecule has 32 heavy (non-hydrogen) atoms. The Hall–Kier alpha value is -2.78. The van der Waals surface area contributed by atoms with Crippen molar-refractivity contribution in [2.45, 2.75) is 57.4 Å². The molecule has 0 radical (unpaired) electrons. The highest BCUT2D eigenvalue weighted by Crippen LogP contribution is 2.42. The van der Waals surface area contributed by atoms with Crippen molar-refractivity contribution in [3.63, 3.8) is 0 Å². The maximum Gasteiger partial charge on any atom is 0.410 e. The van der Waals surface area contributed by atoms with E-state index in [2.05, 4.69) is 20.3 Å². The number of nitrogens with zero attached hydrogens (tertiary/aromatic N) is 4. The topological polar surface area (TPSA) is 107 Å². The molecule has 2 aliphatic rings. The fourth-order valence-corrected chi connectivity index (χ4v) is 4.40. The minimum Gasteiger partial charge on any atom is -0.444 e. The van der Waals surface area contributed by atoms with Gasteiger partial charge in [0.1, 0.15) is 28.9 Å². The monoisotopic (exact) mass is 459 g/mol. The lowest BCUT2D eigenvalue weighted by molar-refractivity contribution is -0.0803. The maximum absolute atomic E-state index is 12.9. The minimum atomic E-state index is -0.576. The molecule has 3 atom stereocenters. The van der Waals surface area contributed by atoms with Crippen LogP contribution in [0.1, 0.15) is 55.8 Å². The Bertz CT molecular complexity index is 1040. The van der Waals surface area contributed by atoms with E-state index < -0.39 is 5.60 Å². The second-order valence-corrected chi connectivity index (χ2v) is 9.30. The molecule has 170 valence electrons. The van der Waals surface area contributed by atoms with Gasteiger partial charge in [0.2, 0.25) is 0 Å². The first kappa shape index (κ1) is 22.4. The first-order valence-corrected chi connectivity index (χ1v) is 10.9. The molecule has 10 heteroatoms. The van der Waals surface area contributed by atoms with Crippen molar-refractivity contribution in [2.24, 2.45) is 0 Å². The van der Waals surface area contributed by atoms with E-state index in [1.165, 1.54) is 13.4 Å². The predicted molar refractivity (Wildman–Crippen MR) is 117 cm³/mol. The van der Waals surface area contributed by atoms with Gasteiger partial charge in [-0.2, -0.15) is 0 Å². The van der Waals surface area contributed by atoms with Crippen LogP contribution in [0.5, 0.6) is 0 Å². The Morgan fingerprint density at radius 3 is 2.69 bits per heavy atom. The molecule has 1 N–H and O–H groups in total. The summed E-state index contributed by atoms with van der Waals surface area (Å²) >= 11 is 6.34. The van der Waals surface area contributed by atoms with Gasteiger partial charge in [-0.05, 0) is 57.4 Å². The van der Waals surface area contributed by atoms with Crippen molar-refractivity contribution in [3.8, 4) is 11.4 Å². The third-order valence-corrected chi connectivity index (χ3v) is 5.70. The minimum absolute atomic E-state index is 0.000131. The lowest BCUT2D eigenvalue weighted by Gasteiger charge is -2.40. The average molecular weight is 460 g/mol. The van der Waals surface area contributed by atoms with Crippen LogP contribution in [0.3, 0.4) is 0 Å². The van der Waals surface area contributed by atoms with Gasteiger partial charge in [0.05, 0.1) is 30.1 Å². The number of halogens is 1. The summed E-state index contributed by atoms with van der Waals surface area (Å²) in [7, 11) is 1.53. The summed E-state index contributed by atoms with van der Waals surface area (Å²) in [5.41, 5.74) is 1.40. The van der Waals surface area contributed by atoms with Crippen LogP contribution < -0.4 is 5.32 Å². The number of hydrogen-bond donors (Lipinski definition) is 1. The summed E-state index contributed by atoms with van der Waals surface area (Å²) < 4.78 is 11.8. The highest BCUT2D eigenvalue weighted by Gasteiger charge is 2.47. The van der Waals surface area contributed by atoms with Crippen molar-refractivity contribution in [2.75, 3.05) is 13.7 Å². The van der Waals surface area contributed by atoms with Gasteiger partial charge in [0.25, 0.3) is 5.91 Å². The van der Waals surface area contributed by atoms with Crippen molar-refractivity contribution >= 4 is 23.6 Å². The number of carbonyl (C=O) groups excluding carboxylic acids is 2. The summed E-state index contributed by atoms with van der Waals surface area (Å²) in [4.78, 5) is 39.3. The first-order chi connectivity index (χ1) is 15.2. The van der Waals surface area contributed by atoms with Gasteiger partial charge in [-0.1, -0.05) is 11.6 Å². The first-order valence-electron chi connectivity index (χ1n) is 10.5. The number of rotatable bonds is 3. The van der Waals surface area contributed by atoms with E-state index >= 15 is 0 Å². The third-order valence-electron chi connectivity index (χ3n) is 5.50. The van der Waals surface area contributed by atoms with Crippen molar-refractivity contribution in [3.05, 3.63) is 40.9 Å². The normalized spacial score (nSPS) is 22.5. The van der Waals surface area contributed by atoms with Gasteiger partial charge < -0.3 is 14.8 Å². The number of hydrogen-bond acceptors (Lipinski definition) is 7. The number of amides is 2. The smallest absolute Gasteiger partial charge is 0.410 e. The summed E-state index contributed by atoms with van der Waals surface area (Å²) in [6.45, 7) is 5.99. The van der Waals surface area contributed by atoms with Crippen LogP contribution in [-0.2, 0) is 9.47 Å². The quantitative estimate of drug-likeness (QED) is 0.701. The molecule has 0 spiro atoms. The Balaban J connectivity index is 1.65. The predicted octanol–water partition coefficient (Wildman–Crippen LogP) is 3.39. The SMILES string of the molecule is CNC(=O)c1cc(-c2cc(C3OCC4CCC3N4C(=O)OC(C)(C)C)cc(Cl)n2)ncn1. The zero-order chi connectivity index (χ0) is 23.0. The zero-order valence-electron chi connectivity index (χ0n) is 18.5. The Morgan fingerprint density at radius 2 is 1.97 bits per heavy atom. The number of carbonyl (C=O) groups is 2. The summed E-state index contributed by atoms with van der Waals surface area (Å²) in [5.74, 6) is -0.323. The molecule has 2 saturated heterocycles. The number of ether oxygens (including phenoxy) is 2. The van der Waals surface area contributed by atoms with Gasteiger partial charge in [-0.15, -0.1) is 0 Å². The fourth-order valence-electron chi connectivity index (χ4n) is 4.18. The van der Waals surface area contributed by atoms with Gasteiger partial charge in [0.15, 0.2) is 0 Å². The summed E-state index contributed by atoms with van der Waals surface area (Å²) in [5, 5.41) is 2.81. The van der Waals surface area contributed by atoms with E-state index in [0.717, 1.165) is 18.4 Å². The fraction of sp³-hybridized carbons (Fsp3) is 0.500. The molecule has 0 aromatic carbocycles. The number of fused-ring (bicyclic) bond motifs is 2. The van der Waals surface area contributed by atoms with E-state index in [0.29, 0.717) is 18.0 Å². The second-order valence-electron chi connectivity index (χ2n) is 8.92. The summed E-state index contributed by atoms with van der Waals surface area (Å²) in [6, 6.07) is 4.96. The standard InChI is InChI=1S/C22H26ClN5O4/c1-22(2,3)32-21(30)28-13-5-6-17(28)19(31-10-13)12-7-15(27-18(23)8-12)14-9-16(20(29)24-4)26-11-25-14/h7-9,11,13,17,19H,5-6,10H2,1-4H3,(H,24,29). The number of nitrogens with one attached hydrogen (secondary N) is 1. The molecule has 2 bridgehead atoms. The van der Waals surface area contributed by atoms with Crippen LogP contribution in [0.4, 0.5) is 4.79 Å².